The Morgan fingerprint density at radius 3 is 2.75 bits per heavy atom. The van der Waals surface area contributed by atoms with Crippen LogP contribution in [0.2, 0.25) is 0 Å². The van der Waals surface area contributed by atoms with E-state index in [-0.39, 0.29) is 17.9 Å². The van der Waals surface area contributed by atoms with Gasteiger partial charge >= 0.3 is 0 Å². The molecule has 2 heterocycles. The molecule has 4 aromatic rings. The minimum Gasteiger partial charge on any atom is -0.380 e. The summed E-state index contributed by atoms with van der Waals surface area (Å²) in [7, 11) is 3.57. The molecule has 0 aliphatic rings. The molecular weight excluding hydrogens is 354 g/mol. The second-order valence-electron chi connectivity index (χ2n) is 6.86. The van der Waals surface area contributed by atoms with Crippen molar-refractivity contribution in [2.45, 2.75) is 13.0 Å². The molecule has 0 aliphatic carbocycles. The lowest BCUT2D eigenvalue weighted by molar-refractivity contribution is -0.115. The normalized spacial score (nSPS) is 11.2. The molecule has 1 amide bonds. The number of methoxy groups -OCH3 is 1. The van der Waals surface area contributed by atoms with Gasteiger partial charge in [-0.15, -0.1) is 0 Å². The van der Waals surface area contributed by atoms with Crippen LogP contribution in [0.15, 0.2) is 59.5 Å². The lowest BCUT2D eigenvalue weighted by Crippen LogP contribution is -2.14. The zero-order valence-corrected chi connectivity index (χ0v) is 15.8. The molecule has 28 heavy (non-hydrogen) atoms. The van der Waals surface area contributed by atoms with Crippen molar-refractivity contribution in [2.24, 2.45) is 7.05 Å². The van der Waals surface area contributed by atoms with E-state index in [1.54, 1.807) is 13.2 Å². The monoisotopic (exact) mass is 375 g/mol. The van der Waals surface area contributed by atoms with Gasteiger partial charge in [0.25, 0.3) is 0 Å². The number of aryl methyl sites for hydroxylation is 1. The number of para-hydroxylation sites is 1. The molecular formula is C22H21N3O3. The molecule has 6 heteroatoms. The van der Waals surface area contributed by atoms with Gasteiger partial charge in [-0.2, -0.15) is 0 Å². The van der Waals surface area contributed by atoms with Crippen LogP contribution in [0.25, 0.3) is 21.8 Å². The van der Waals surface area contributed by atoms with Crippen molar-refractivity contribution < 1.29 is 9.53 Å². The topological polar surface area (TPSA) is 76.1 Å². The zero-order chi connectivity index (χ0) is 19.7. The van der Waals surface area contributed by atoms with Crippen molar-refractivity contribution in [3.8, 4) is 0 Å². The predicted octanol–water partition coefficient (Wildman–Crippen LogP) is 3.35. The van der Waals surface area contributed by atoms with Crippen LogP contribution in [0.5, 0.6) is 0 Å². The van der Waals surface area contributed by atoms with Gasteiger partial charge in [0, 0.05) is 48.4 Å². The molecule has 0 bridgehead atoms. The fourth-order valence-electron chi connectivity index (χ4n) is 3.63. The van der Waals surface area contributed by atoms with Crippen LogP contribution in [0.4, 0.5) is 5.69 Å². The summed E-state index contributed by atoms with van der Waals surface area (Å²) in [6.45, 7) is 0.354. The fraction of sp³-hybridized carbons (Fsp3) is 0.182. The number of benzene rings is 2. The average molecular weight is 375 g/mol. The van der Waals surface area contributed by atoms with Crippen molar-refractivity contribution in [2.75, 3.05) is 12.4 Å². The van der Waals surface area contributed by atoms with Crippen LogP contribution in [0.1, 0.15) is 11.1 Å². The summed E-state index contributed by atoms with van der Waals surface area (Å²) in [5, 5.41) is 4.90. The summed E-state index contributed by atoms with van der Waals surface area (Å²) in [5.74, 6) is -0.105. The number of hydrogen-bond donors (Lipinski definition) is 2. The third-order valence-corrected chi connectivity index (χ3v) is 4.84. The van der Waals surface area contributed by atoms with Crippen molar-refractivity contribution >= 4 is 33.4 Å². The molecule has 2 aromatic heterocycles. The van der Waals surface area contributed by atoms with Crippen LogP contribution in [-0.2, 0) is 29.6 Å². The summed E-state index contributed by atoms with van der Waals surface area (Å²) in [5.41, 5.74) is 4.01. The highest BCUT2D eigenvalue weighted by Gasteiger charge is 2.11. The number of H-pyrrole nitrogens is 1. The fourth-order valence-corrected chi connectivity index (χ4v) is 3.63. The van der Waals surface area contributed by atoms with Gasteiger partial charge in [-0.1, -0.05) is 24.3 Å². The number of fused-ring (bicyclic) bond motifs is 2. The first-order valence-corrected chi connectivity index (χ1v) is 9.03. The Bertz CT molecular complexity index is 1240. The summed E-state index contributed by atoms with van der Waals surface area (Å²) in [4.78, 5) is 27.3. The predicted molar refractivity (Wildman–Crippen MR) is 111 cm³/mol. The third-order valence-electron chi connectivity index (χ3n) is 4.84. The Kier molecular flexibility index (Phi) is 4.71. The van der Waals surface area contributed by atoms with Crippen LogP contribution in [-0.4, -0.2) is 22.6 Å². The molecule has 142 valence electrons. The molecule has 0 fully saturated rings. The summed E-state index contributed by atoms with van der Waals surface area (Å²) in [6.07, 6.45) is 2.26. The van der Waals surface area contributed by atoms with E-state index in [2.05, 4.69) is 10.3 Å². The quantitative estimate of drug-likeness (QED) is 0.562. The molecule has 6 nitrogen and oxygen atoms in total. The lowest BCUT2D eigenvalue weighted by atomic mass is 10.1. The van der Waals surface area contributed by atoms with Crippen LogP contribution < -0.4 is 10.9 Å². The average Bonchev–Trinajstić information content (AvgIpc) is 2.97. The lowest BCUT2D eigenvalue weighted by Gasteiger charge is -2.09. The Hall–Kier alpha value is -3.38. The minimum absolute atomic E-state index is 0.105. The number of nitrogens with zero attached hydrogens (tertiary/aromatic N) is 1. The van der Waals surface area contributed by atoms with E-state index in [1.165, 1.54) is 6.07 Å². The molecule has 0 unspecified atom stereocenters. The molecule has 0 saturated heterocycles. The highest BCUT2D eigenvalue weighted by atomic mass is 16.5. The highest BCUT2D eigenvalue weighted by molar-refractivity contribution is 5.97. The van der Waals surface area contributed by atoms with E-state index >= 15 is 0 Å². The minimum atomic E-state index is -0.196. The number of anilines is 1. The number of aromatic nitrogens is 2. The van der Waals surface area contributed by atoms with Crippen LogP contribution in [0, 0.1) is 0 Å². The number of pyridine rings is 1. The maximum Gasteiger partial charge on any atom is 0.248 e. The van der Waals surface area contributed by atoms with Gasteiger partial charge in [-0.3, -0.25) is 9.59 Å². The maximum absolute atomic E-state index is 12.6. The maximum atomic E-state index is 12.6. The molecule has 2 aromatic carbocycles. The zero-order valence-electron chi connectivity index (χ0n) is 15.8. The first kappa shape index (κ1) is 18.0. The van der Waals surface area contributed by atoms with Crippen molar-refractivity contribution in [1.82, 2.24) is 9.55 Å². The van der Waals surface area contributed by atoms with Gasteiger partial charge in [0.1, 0.15) is 0 Å². The first-order chi connectivity index (χ1) is 13.5. The first-order valence-electron chi connectivity index (χ1n) is 9.03. The van der Waals surface area contributed by atoms with Crippen LogP contribution in [0.3, 0.4) is 0 Å². The van der Waals surface area contributed by atoms with Gasteiger partial charge in [0.2, 0.25) is 11.5 Å². The number of nitrogens with one attached hydrogen (secondary N) is 2. The number of amides is 1. The van der Waals surface area contributed by atoms with E-state index < -0.39 is 0 Å². The van der Waals surface area contributed by atoms with E-state index in [9.17, 15) is 9.59 Å². The van der Waals surface area contributed by atoms with Gasteiger partial charge < -0.3 is 19.6 Å². The number of hydrogen-bond acceptors (Lipinski definition) is 3. The molecule has 0 aliphatic heterocycles. The second kappa shape index (κ2) is 7.32. The van der Waals surface area contributed by atoms with Crippen molar-refractivity contribution in [3.63, 3.8) is 0 Å². The largest absolute Gasteiger partial charge is 0.380 e. The Morgan fingerprint density at radius 2 is 1.93 bits per heavy atom. The number of carbonyl (C=O) groups excluding carboxylic acids is 1. The molecule has 4 rings (SSSR count). The van der Waals surface area contributed by atoms with Crippen LogP contribution >= 0.6 is 0 Å². The Labute approximate surface area is 161 Å². The smallest absolute Gasteiger partial charge is 0.248 e. The van der Waals surface area contributed by atoms with E-state index in [4.69, 9.17) is 4.74 Å². The summed E-state index contributed by atoms with van der Waals surface area (Å²) in [6, 6.07) is 15.0. The number of aromatic amines is 1. The van der Waals surface area contributed by atoms with E-state index in [1.807, 2.05) is 54.2 Å². The number of ether oxygens (including phenoxy) is 1. The Morgan fingerprint density at radius 1 is 1.11 bits per heavy atom. The van der Waals surface area contributed by atoms with Crippen molar-refractivity contribution in [3.05, 3.63) is 76.2 Å². The van der Waals surface area contributed by atoms with Gasteiger partial charge in [0.15, 0.2) is 0 Å². The molecule has 0 atom stereocenters. The number of carbonyl (C=O) groups is 1. The molecule has 2 N–H and O–H groups in total. The second-order valence-corrected chi connectivity index (χ2v) is 6.86. The molecule has 0 radical (unpaired) electrons. The van der Waals surface area contributed by atoms with Gasteiger partial charge in [-0.25, -0.2) is 0 Å². The highest BCUT2D eigenvalue weighted by Crippen LogP contribution is 2.23. The van der Waals surface area contributed by atoms with Crippen molar-refractivity contribution in [1.29, 1.82) is 0 Å². The standard InChI is InChI=1S/C22H21N3O3/c1-25-12-14(18-5-3-4-6-20(18)25)9-21(26)23-16-7-8-17-15(13-28-2)10-22(27)24-19(17)11-16/h3-8,10-12H,9,13H2,1-2H3,(H,23,26)(H,24,27). The number of rotatable bonds is 5. The third kappa shape index (κ3) is 3.42. The SMILES string of the molecule is COCc1cc(=O)[nH]c2cc(NC(=O)Cc3cn(C)c4ccccc34)ccc12. The summed E-state index contributed by atoms with van der Waals surface area (Å²) < 4.78 is 7.19. The van der Waals surface area contributed by atoms with E-state index in [0.717, 1.165) is 27.4 Å². The van der Waals surface area contributed by atoms with Gasteiger partial charge in [0.05, 0.1) is 18.5 Å². The molecule has 0 saturated carbocycles. The van der Waals surface area contributed by atoms with Gasteiger partial charge in [-0.05, 0) is 29.3 Å². The van der Waals surface area contributed by atoms with E-state index in [0.29, 0.717) is 17.8 Å². The Balaban J connectivity index is 1.59. The summed E-state index contributed by atoms with van der Waals surface area (Å²) >= 11 is 0. The molecule has 0 spiro atoms.